The third-order valence-electron chi connectivity index (χ3n) is 3.20. The molecular weight excluding hydrogens is 342 g/mol. The molecule has 1 aliphatic rings. The van der Waals surface area contributed by atoms with Crippen LogP contribution in [0.25, 0.3) is 0 Å². The molecule has 1 nitrogen and oxygen atoms in total. The first-order valence-electron chi connectivity index (χ1n) is 6.34. The van der Waals surface area contributed by atoms with Crippen molar-refractivity contribution in [2.45, 2.75) is 31.5 Å². The molecule has 0 unspecified atom stereocenters. The smallest absolute Gasteiger partial charge is 0.0418 e. The van der Waals surface area contributed by atoms with Gasteiger partial charge in [-0.15, -0.1) is 0 Å². The lowest BCUT2D eigenvalue weighted by atomic mass is 10.1. The van der Waals surface area contributed by atoms with Gasteiger partial charge in [-0.2, -0.15) is 0 Å². The first-order valence-corrected chi connectivity index (χ1v) is 8.25. The number of hydrogen-bond acceptors (Lipinski definition) is 1. The van der Waals surface area contributed by atoms with E-state index in [1.165, 1.54) is 41.5 Å². The molecule has 0 bridgehead atoms. The standard InChI is InChI=1S/C14H19Br2N/c1-2-7-17(10-11-3-4-11)14-8-13(16)6-5-12(14)9-15/h5-6,8,11H,2-4,7,9-10H2,1H3. The summed E-state index contributed by atoms with van der Waals surface area (Å²) in [7, 11) is 0. The second kappa shape index (κ2) is 6.24. The fourth-order valence-electron chi connectivity index (χ4n) is 2.14. The number of nitrogens with zero attached hydrogens (tertiary/aromatic N) is 1. The van der Waals surface area contributed by atoms with Crippen molar-refractivity contribution in [3.63, 3.8) is 0 Å². The molecule has 0 spiro atoms. The second-order valence-corrected chi connectivity index (χ2v) is 6.27. The van der Waals surface area contributed by atoms with E-state index >= 15 is 0 Å². The fraction of sp³-hybridized carbons (Fsp3) is 0.571. The average molecular weight is 361 g/mol. The zero-order chi connectivity index (χ0) is 12.3. The highest BCUT2D eigenvalue weighted by atomic mass is 79.9. The maximum atomic E-state index is 3.59. The highest BCUT2D eigenvalue weighted by molar-refractivity contribution is 9.10. The topological polar surface area (TPSA) is 3.24 Å². The molecule has 0 saturated heterocycles. The van der Waals surface area contributed by atoms with E-state index in [0.29, 0.717) is 0 Å². The summed E-state index contributed by atoms with van der Waals surface area (Å²) in [6.07, 6.45) is 4.04. The van der Waals surface area contributed by atoms with Gasteiger partial charge in [-0.25, -0.2) is 0 Å². The maximum Gasteiger partial charge on any atom is 0.0418 e. The molecule has 17 heavy (non-hydrogen) atoms. The Morgan fingerprint density at radius 2 is 2.12 bits per heavy atom. The minimum absolute atomic E-state index is 0.931. The van der Waals surface area contributed by atoms with Crippen molar-refractivity contribution in [1.29, 1.82) is 0 Å². The van der Waals surface area contributed by atoms with Gasteiger partial charge in [0.2, 0.25) is 0 Å². The minimum Gasteiger partial charge on any atom is -0.371 e. The van der Waals surface area contributed by atoms with Gasteiger partial charge < -0.3 is 4.90 Å². The van der Waals surface area contributed by atoms with E-state index in [2.05, 4.69) is 61.9 Å². The quantitative estimate of drug-likeness (QED) is 0.647. The van der Waals surface area contributed by atoms with Crippen molar-refractivity contribution in [2.24, 2.45) is 5.92 Å². The van der Waals surface area contributed by atoms with Gasteiger partial charge in [0.15, 0.2) is 0 Å². The molecule has 0 amide bonds. The Morgan fingerprint density at radius 1 is 1.35 bits per heavy atom. The van der Waals surface area contributed by atoms with E-state index in [1.807, 2.05) is 0 Å². The summed E-state index contributed by atoms with van der Waals surface area (Å²) < 4.78 is 1.18. The number of halogens is 2. The van der Waals surface area contributed by atoms with Gasteiger partial charge >= 0.3 is 0 Å². The Morgan fingerprint density at radius 3 is 2.71 bits per heavy atom. The van der Waals surface area contributed by atoms with Crippen LogP contribution in [0, 0.1) is 5.92 Å². The Kier molecular flexibility index (Phi) is 4.92. The van der Waals surface area contributed by atoms with Crippen molar-refractivity contribution < 1.29 is 0 Å². The van der Waals surface area contributed by atoms with Gasteiger partial charge in [-0.05, 0) is 42.9 Å². The predicted molar refractivity (Wildman–Crippen MR) is 82.0 cm³/mol. The average Bonchev–Trinajstić information content (AvgIpc) is 3.12. The van der Waals surface area contributed by atoms with Crippen LogP contribution in [0.4, 0.5) is 5.69 Å². The summed E-state index contributed by atoms with van der Waals surface area (Å²) in [5.41, 5.74) is 2.78. The third kappa shape index (κ3) is 3.72. The van der Waals surface area contributed by atoms with Gasteiger partial charge in [-0.1, -0.05) is 44.8 Å². The van der Waals surface area contributed by atoms with E-state index in [9.17, 15) is 0 Å². The van der Waals surface area contributed by atoms with Gasteiger partial charge in [0.05, 0.1) is 0 Å². The third-order valence-corrected chi connectivity index (χ3v) is 4.30. The van der Waals surface area contributed by atoms with Crippen LogP contribution in [0.1, 0.15) is 31.7 Å². The summed E-state index contributed by atoms with van der Waals surface area (Å²) >= 11 is 7.18. The van der Waals surface area contributed by atoms with Crippen molar-refractivity contribution in [2.75, 3.05) is 18.0 Å². The molecule has 1 aromatic carbocycles. The zero-order valence-corrected chi connectivity index (χ0v) is 13.4. The van der Waals surface area contributed by atoms with Crippen molar-refractivity contribution in [3.05, 3.63) is 28.2 Å². The highest BCUT2D eigenvalue weighted by Crippen LogP contribution is 2.34. The summed E-state index contributed by atoms with van der Waals surface area (Å²) in [5.74, 6) is 0.934. The first kappa shape index (κ1) is 13.4. The van der Waals surface area contributed by atoms with E-state index in [1.54, 1.807) is 0 Å². The molecule has 3 heteroatoms. The highest BCUT2D eigenvalue weighted by Gasteiger charge is 2.25. The van der Waals surface area contributed by atoms with Crippen LogP contribution in [0.3, 0.4) is 0 Å². The van der Waals surface area contributed by atoms with Crippen LogP contribution in [-0.2, 0) is 5.33 Å². The molecule has 1 saturated carbocycles. The van der Waals surface area contributed by atoms with Crippen molar-refractivity contribution in [3.8, 4) is 0 Å². The fourth-order valence-corrected chi connectivity index (χ4v) is 2.96. The van der Waals surface area contributed by atoms with Crippen molar-refractivity contribution >= 4 is 37.5 Å². The lowest BCUT2D eigenvalue weighted by Crippen LogP contribution is -2.27. The van der Waals surface area contributed by atoms with E-state index in [4.69, 9.17) is 0 Å². The SMILES string of the molecule is CCCN(CC1CC1)c1cc(Br)ccc1CBr. The molecule has 0 heterocycles. The zero-order valence-electron chi connectivity index (χ0n) is 10.3. The minimum atomic E-state index is 0.931. The van der Waals surface area contributed by atoms with Crippen LogP contribution < -0.4 is 4.90 Å². The molecule has 0 atom stereocenters. The Hall–Kier alpha value is -0.0200. The normalized spacial score (nSPS) is 15.0. The molecule has 2 rings (SSSR count). The number of anilines is 1. The second-order valence-electron chi connectivity index (χ2n) is 4.80. The Labute approximate surface area is 121 Å². The molecule has 0 radical (unpaired) electrons. The molecule has 1 aliphatic carbocycles. The summed E-state index contributed by atoms with van der Waals surface area (Å²) in [6.45, 7) is 4.64. The molecule has 0 aromatic heterocycles. The van der Waals surface area contributed by atoms with E-state index in [-0.39, 0.29) is 0 Å². The number of benzene rings is 1. The predicted octanol–water partition coefficient (Wildman–Crippen LogP) is 4.97. The Bertz CT molecular complexity index is 374. The van der Waals surface area contributed by atoms with Gasteiger partial charge in [-0.3, -0.25) is 0 Å². The van der Waals surface area contributed by atoms with E-state index < -0.39 is 0 Å². The maximum absolute atomic E-state index is 3.59. The number of rotatable bonds is 6. The van der Waals surface area contributed by atoms with Gasteiger partial charge in [0.25, 0.3) is 0 Å². The van der Waals surface area contributed by atoms with Crippen LogP contribution in [-0.4, -0.2) is 13.1 Å². The molecule has 1 fully saturated rings. The Balaban J connectivity index is 2.22. The summed E-state index contributed by atoms with van der Waals surface area (Å²) in [5, 5.41) is 0.931. The molecule has 1 aromatic rings. The van der Waals surface area contributed by atoms with E-state index in [0.717, 1.165) is 17.8 Å². The lowest BCUT2D eigenvalue weighted by molar-refractivity contribution is 0.706. The molecule has 94 valence electrons. The van der Waals surface area contributed by atoms with Crippen LogP contribution in [0.2, 0.25) is 0 Å². The first-order chi connectivity index (χ1) is 8.24. The van der Waals surface area contributed by atoms with Crippen molar-refractivity contribution in [1.82, 2.24) is 0 Å². The summed E-state index contributed by atoms with van der Waals surface area (Å²) in [6, 6.07) is 6.60. The molecular formula is C14H19Br2N. The monoisotopic (exact) mass is 359 g/mol. The summed E-state index contributed by atoms with van der Waals surface area (Å²) in [4.78, 5) is 2.55. The largest absolute Gasteiger partial charge is 0.371 e. The molecule has 0 N–H and O–H groups in total. The van der Waals surface area contributed by atoms with Gasteiger partial charge in [0, 0.05) is 28.6 Å². The molecule has 0 aliphatic heterocycles. The van der Waals surface area contributed by atoms with Gasteiger partial charge in [0.1, 0.15) is 0 Å². The number of alkyl halides is 1. The van der Waals surface area contributed by atoms with Crippen LogP contribution in [0.15, 0.2) is 22.7 Å². The van der Waals surface area contributed by atoms with Crippen LogP contribution in [0.5, 0.6) is 0 Å². The lowest BCUT2D eigenvalue weighted by Gasteiger charge is -2.26. The van der Waals surface area contributed by atoms with Crippen LogP contribution >= 0.6 is 31.9 Å². The number of hydrogen-bond donors (Lipinski definition) is 0.